The van der Waals surface area contributed by atoms with E-state index in [9.17, 15) is 0 Å². The van der Waals surface area contributed by atoms with Gasteiger partial charge in [-0.3, -0.25) is 4.90 Å². The number of benzene rings is 1. The topological polar surface area (TPSA) is 36.3 Å². The number of nitrogens with zero attached hydrogens (tertiary/aromatic N) is 2. The van der Waals surface area contributed by atoms with Gasteiger partial charge in [-0.05, 0) is 12.1 Å². The number of nitriles is 1. The summed E-state index contributed by atoms with van der Waals surface area (Å²) in [6.45, 7) is 3.37. The second-order valence-electron chi connectivity index (χ2n) is 3.95. The van der Waals surface area contributed by atoms with E-state index in [2.05, 4.69) is 35.2 Å². The van der Waals surface area contributed by atoms with Crippen LogP contribution in [0, 0.1) is 11.3 Å². The van der Waals surface area contributed by atoms with E-state index in [1.54, 1.807) is 0 Å². The van der Waals surface area contributed by atoms with Gasteiger partial charge in [-0.2, -0.15) is 5.26 Å². The second kappa shape index (κ2) is 6.65. The zero-order chi connectivity index (χ0) is 11.9. The van der Waals surface area contributed by atoms with Crippen LogP contribution in [0.1, 0.15) is 0 Å². The Morgan fingerprint density at radius 1 is 1.41 bits per heavy atom. The molecule has 0 amide bonds. The van der Waals surface area contributed by atoms with Gasteiger partial charge >= 0.3 is 0 Å². The first-order valence-corrected chi connectivity index (χ1v) is 6.78. The lowest BCUT2D eigenvalue weighted by Crippen LogP contribution is -2.42. The van der Waals surface area contributed by atoms with Crippen LogP contribution in [-0.2, 0) is 4.74 Å². The molecule has 0 bridgehead atoms. The van der Waals surface area contributed by atoms with Gasteiger partial charge in [0.1, 0.15) is 0 Å². The number of rotatable bonds is 4. The van der Waals surface area contributed by atoms with Gasteiger partial charge < -0.3 is 4.74 Å². The third kappa shape index (κ3) is 4.04. The molecule has 1 heterocycles. The van der Waals surface area contributed by atoms with E-state index < -0.39 is 0 Å². The summed E-state index contributed by atoms with van der Waals surface area (Å²) in [7, 11) is 0. The molecule has 1 aromatic rings. The molecule has 1 aromatic carbocycles. The van der Waals surface area contributed by atoms with Crippen molar-refractivity contribution in [1.29, 1.82) is 5.26 Å². The number of thioether (sulfide) groups is 1. The molecule has 1 saturated heterocycles. The third-order valence-electron chi connectivity index (χ3n) is 2.71. The molecule has 1 fully saturated rings. The van der Waals surface area contributed by atoms with Crippen molar-refractivity contribution in [2.24, 2.45) is 0 Å². The van der Waals surface area contributed by atoms with Crippen molar-refractivity contribution in [3.63, 3.8) is 0 Å². The minimum atomic E-state index is -0.245. The summed E-state index contributed by atoms with van der Waals surface area (Å²) in [5.41, 5.74) is 0. The molecule has 1 aliphatic rings. The van der Waals surface area contributed by atoms with Gasteiger partial charge in [0.05, 0.1) is 12.7 Å². The first-order chi connectivity index (χ1) is 8.38. The molecule has 1 atom stereocenters. The highest BCUT2D eigenvalue weighted by atomic mass is 32.2. The van der Waals surface area contributed by atoms with Crippen molar-refractivity contribution in [2.45, 2.75) is 11.0 Å². The normalized spacial score (nSPS) is 21.0. The largest absolute Gasteiger partial charge is 0.361 e. The average Bonchev–Trinajstić information content (AvgIpc) is 2.40. The van der Waals surface area contributed by atoms with Gasteiger partial charge in [0, 0.05) is 30.3 Å². The Kier molecular flexibility index (Phi) is 4.87. The Morgan fingerprint density at radius 3 is 3.00 bits per heavy atom. The molecule has 0 saturated carbocycles. The summed E-state index contributed by atoms with van der Waals surface area (Å²) in [4.78, 5) is 3.60. The SMILES string of the molecule is N#CC1CN(CCSc2ccccc2)CCO1. The molecule has 0 aliphatic carbocycles. The van der Waals surface area contributed by atoms with Crippen LogP contribution in [0.2, 0.25) is 0 Å². The Labute approximate surface area is 106 Å². The molecular weight excluding hydrogens is 232 g/mol. The summed E-state index contributed by atoms with van der Waals surface area (Å²) >= 11 is 1.86. The molecule has 3 nitrogen and oxygen atoms in total. The summed E-state index contributed by atoms with van der Waals surface area (Å²) in [6.07, 6.45) is -0.245. The maximum atomic E-state index is 8.81. The molecule has 0 radical (unpaired) electrons. The quantitative estimate of drug-likeness (QED) is 0.764. The molecule has 0 aromatic heterocycles. The second-order valence-corrected chi connectivity index (χ2v) is 5.12. The van der Waals surface area contributed by atoms with Crippen LogP contribution in [-0.4, -0.2) is 43.0 Å². The number of ether oxygens (including phenoxy) is 1. The lowest BCUT2D eigenvalue weighted by molar-refractivity contribution is 0.00312. The van der Waals surface area contributed by atoms with Crippen LogP contribution in [0.4, 0.5) is 0 Å². The summed E-state index contributed by atoms with van der Waals surface area (Å²) < 4.78 is 5.31. The maximum absolute atomic E-state index is 8.81. The van der Waals surface area contributed by atoms with Crippen LogP contribution >= 0.6 is 11.8 Å². The zero-order valence-corrected chi connectivity index (χ0v) is 10.5. The van der Waals surface area contributed by atoms with E-state index in [0.717, 1.165) is 25.4 Å². The fourth-order valence-corrected chi connectivity index (χ4v) is 2.73. The number of hydrogen-bond donors (Lipinski definition) is 0. The summed E-state index contributed by atoms with van der Waals surface area (Å²) in [5, 5.41) is 8.81. The standard InChI is InChI=1S/C13H16N2OS/c14-10-12-11-15(6-8-16-12)7-9-17-13-4-2-1-3-5-13/h1-5,12H,6-9,11H2. The fourth-order valence-electron chi connectivity index (χ4n) is 1.79. The predicted octanol–water partition coefficient (Wildman–Crippen LogP) is 2.00. The van der Waals surface area contributed by atoms with Crippen molar-refractivity contribution < 1.29 is 4.74 Å². The monoisotopic (exact) mass is 248 g/mol. The van der Waals surface area contributed by atoms with Gasteiger partial charge in [-0.15, -0.1) is 11.8 Å². The molecule has 4 heteroatoms. The third-order valence-corrected chi connectivity index (χ3v) is 3.71. The molecule has 90 valence electrons. The Bertz CT molecular complexity index is 377. The molecule has 1 unspecified atom stereocenters. The van der Waals surface area contributed by atoms with Crippen LogP contribution in [0.25, 0.3) is 0 Å². The van der Waals surface area contributed by atoms with E-state index in [4.69, 9.17) is 10.00 Å². The van der Waals surface area contributed by atoms with Gasteiger partial charge in [0.2, 0.25) is 0 Å². The van der Waals surface area contributed by atoms with E-state index in [0.29, 0.717) is 6.61 Å². The van der Waals surface area contributed by atoms with E-state index in [-0.39, 0.29) is 6.10 Å². The Balaban J connectivity index is 1.70. The van der Waals surface area contributed by atoms with Crippen LogP contribution in [0.5, 0.6) is 0 Å². The van der Waals surface area contributed by atoms with Gasteiger partial charge in [0.25, 0.3) is 0 Å². The molecule has 0 N–H and O–H groups in total. The zero-order valence-electron chi connectivity index (χ0n) is 9.71. The fraction of sp³-hybridized carbons (Fsp3) is 0.462. The maximum Gasteiger partial charge on any atom is 0.156 e. The van der Waals surface area contributed by atoms with E-state index in [1.807, 2.05) is 17.8 Å². The lowest BCUT2D eigenvalue weighted by atomic mass is 10.3. The summed E-state index contributed by atoms with van der Waals surface area (Å²) in [6, 6.07) is 12.6. The van der Waals surface area contributed by atoms with Crippen molar-refractivity contribution in [3.05, 3.63) is 30.3 Å². The number of morpholine rings is 1. The highest BCUT2D eigenvalue weighted by Crippen LogP contribution is 2.17. The van der Waals surface area contributed by atoms with Crippen LogP contribution in [0.15, 0.2) is 35.2 Å². The van der Waals surface area contributed by atoms with Crippen molar-refractivity contribution in [2.75, 3.05) is 32.0 Å². The first-order valence-electron chi connectivity index (χ1n) is 5.80. The average molecular weight is 248 g/mol. The summed E-state index contributed by atoms with van der Waals surface area (Å²) in [5.74, 6) is 1.06. The van der Waals surface area contributed by atoms with Gasteiger partial charge in [-0.25, -0.2) is 0 Å². The minimum Gasteiger partial charge on any atom is -0.361 e. The highest BCUT2D eigenvalue weighted by molar-refractivity contribution is 7.99. The van der Waals surface area contributed by atoms with E-state index >= 15 is 0 Å². The van der Waals surface area contributed by atoms with Crippen molar-refractivity contribution >= 4 is 11.8 Å². The molecule has 1 aliphatic heterocycles. The van der Waals surface area contributed by atoms with Gasteiger partial charge in [-0.1, -0.05) is 18.2 Å². The van der Waals surface area contributed by atoms with Gasteiger partial charge in [0.15, 0.2) is 6.10 Å². The molecule has 0 spiro atoms. The van der Waals surface area contributed by atoms with E-state index in [1.165, 1.54) is 4.90 Å². The Morgan fingerprint density at radius 2 is 2.24 bits per heavy atom. The predicted molar refractivity (Wildman–Crippen MR) is 69.0 cm³/mol. The molecule has 2 rings (SSSR count). The smallest absolute Gasteiger partial charge is 0.156 e. The first kappa shape index (κ1) is 12.4. The van der Waals surface area contributed by atoms with Crippen molar-refractivity contribution in [1.82, 2.24) is 4.90 Å². The highest BCUT2D eigenvalue weighted by Gasteiger charge is 2.19. The minimum absolute atomic E-state index is 0.245. The number of hydrogen-bond acceptors (Lipinski definition) is 4. The molecular formula is C13H16N2OS. The lowest BCUT2D eigenvalue weighted by Gasteiger charge is -2.29. The van der Waals surface area contributed by atoms with Crippen LogP contribution < -0.4 is 0 Å². The molecule has 17 heavy (non-hydrogen) atoms. The Hall–Kier alpha value is -1.02. The van der Waals surface area contributed by atoms with Crippen LogP contribution in [0.3, 0.4) is 0 Å². The van der Waals surface area contributed by atoms with Crippen molar-refractivity contribution in [3.8, 4) is 6.07 Å².